The number of amides is 2. The molecule has 0 aromatic heterocycles. The Morgan fingerprint density at radius 1 is 1.48 bits per heavy atom. The van der Waals surface area contributed by atoms with E-state index in [-0.39, 0.29) is 18.7 Å². The van der Waals surface area contributed by atoms with Gasteiger partial charge in [-0.05, 0) is 25.0 Å². The van der Waals surface area contributed by atoms with Crippen LogP contribution in [0.25, 0.3) is 0 Å². The molecule has 0 bridgehead atoms. The largest absolute Gasteiger partial charge is 0.481 e. The highest BCUT2D eigenvalue weighted by molar-refractivity contribution is 5.94. The third-order valence-corrected chi connectivity index (χ3v) is 3.69. The Bertz CT molecular complexity index is 532. The molecule has 0 saturated heterocycles. The number of urea groups is 1. The fourth-order valence-electron chi connectivity index (χ4n) is 2.36. The van der Waals surface area contributed by atoms with Crippen LogP contribution in [0.1, 0.15) is 12.5 Å². The van der Waals surface area contributed by atoms with E-state index in [1.165, 1.54) is 4.90 Å². The third-order valence-electron chi connectivity index (χ3n) is 3.69. The first-order valence-electron chi connectivity index (χ1n) is 6.91. The topological polar surface area (TPSA) is 78.9 Å². The highest BCUT2D eigenvalue weighted by Gasteiger charge is 2.32. The smallest absolute Gasteiger partial charge is 0.321 e. The molecular formula is C15H20N2O4. The van der Waals surface area contributed by atoms with Gasteiger partial charge in [0.25, 0.3) is 0 Å². The molecule has 0 fully saturated rings. The van der Waals surface area contributed by atoms with Crippen LogP contribution in [0.5, 0.6) is 0 Å². The van der Waals surface area contributed by atoms with Crippen molar-refractivity contribution in [2.24, 2.45) is 5.92 Å². The van der Waals surface area contributed by atoms with Crippen molar-refractivity contribution < 1.29 is 19.4 Å². The van der Waals surface area contributed by atoms with Gasteiger partial charge in [-0.25, -0.2) is 4.79 Å². The number of benzene rings is 1. The lowest BCUT2D eigenvalue weighted by molar-refractivity contribution is -0.141. The molecule has 2 atom stereocenters. The van der Waals surface area contributed by atoms with Crippen LogP contribution in [0.2, 0.25) is 0 Å². The van der Waals surface area contributed by atoms with Crippen molar-refractivity contribution in [3.05, 3.63) is 29.8 Å². The number of anilines is 1. The number of hydrogen-bond acceptors (Lipinski definition) is 3. The zero-order valence-electron chi connectivity index (χ0n) is 12.2. The monoisotopic (exact) mass is 292 g/mol. The quantitative estimate of drug-likeness (QED) is 0.881. The maximum atomic E-state index is 12.3. The third kappa shape index (κ3) is 3.52. The van der Waals surface area contributed by atoms with Crippen LogP contribution in [0, 0.1) is 5.92 Å². The second-order valence-electron chi connectivity index (χ2n) is 5.21. The molecule has 0 saturated carbocycles. The van der Waals surface area contributed by atoms with Crippen molar-refractivity contribution in [3.63, 3.8) is 0 Å². The number of carbonyl (C=O) groups excluding carboxylic acids is 1. The van der Waals surface area contributed by atoms with E-state index in [4.69, 9.17) is 4.74 Å². The summed E-state index contributed by atoms with van der Waals surface area (Å²) in [5.41, 5.74) is 1.66. The van der Waals surface area contributed by atoms with Gasteiger partial charge < -0.3 is 15.2 Å². The normalized spacial score (nSPS) is 18.8. The van der Waals surface area contributed by atoms with E-state index >= 15 is 0 Å². The molecule has 1 aliphatic rings. The summed E-state index contributed by atoms with van der Waals surface area (Å²) in [6.45, 7) is 2.41. The van der Waals surface area contributed by atoms with Crippen molar-refractivity contribution >= 4 is 17.7 Å². The minimum Gasteiger partial charge on any atom is -0.481 e. The molecule has 1 aromatic carbocycles. The second kappa shape index (κ2) is 6.58. The zero-order chi connectivity index (χ0) is 15.4. The van der Waals surface area contributed by atoms with Gasteiger partial charge in [-0.15, -0.1) is 0 Å². The van der Waals surface area contributed by atoms with E-state index < -0.39 is 11.9 Å². The molecule has 2 amide bonds. The number of fused-ring (bicyclic) bond motifs is 1. The number of para-hydroxylation sites is 1. The summed E-state index contributed by atoms with van der Waals surface area (Å²) in [5, 5.41) is 12.0. The number of rotatable bonds is 4. The molecule has 0 spiro atoms. The first-order valence-corrected chi connectivity index (χ1v) is 6.91. The lowest BCUT2D eigenvalue weighted by Crippen LogP contribution is -2.48. The van der Waals surface area contributed by atoms with Crippen LogP contribution in [0.3, 0.4) is 0 Å². The van der Waals surface area contributed by atoms with Crippen molar-refractivity contribution in [3.8, 4) is 0 Å². The van der Waals surface area contributed by atoms with Gasteiger partial charge in [0.15, 0.2) is 0 Å². The van der Waals surface area contributed by atoms with Crippen molar-refractivity contribution in [2.75, 3.05) is 25.1 Å². The van der Waals surface area contributed by atoms with Gasteiger partial charge in [-0.3, -0.25) is 9.69 Å². The number of carbonyl (C=O) groups is 2. The van der Waals surface area contributed by atoms with E-state index in [1.54, 1.807) is 7.11 Å². The molecular weight excluding hydrogens is 272 g/mol. The highest BCUT2D eigenvalue weighted by Crippen LogP contribution is 2.29. The standard InChI is InChI=1S/C15H20N2O4/c1-10(21-2)8-16-15(20)17-9-12(14(18)19)7-11-5-3-4-6-13(11)17/h3-6,10,12H,7-9H2,1-2H3,(H,16,20)(H,18,19). The number of carboxylic acid groups (broad SMARTS) is 1. The predicted molar refractivity (Wildman–Crippen MR) is 78.5 cm³/mol. The molecule has 21 heavy (non-hydrogen) atoms. The Hall–Kier alpha value is -2.08. The summed E-state index contributed by atoms with van der Waals surface area (Å²) in [5.74, 6) is -1.46. The minimum atomic E-state index is -0.882. The van der Waals surface area contributed by atoms with Crippen molar-refractivity contribution in [1.82, 2.24) is 5.32 Å². The molecule has 1 aromatic rings. The number of aliphatic carboxylic acids is 1. The Kier molecular flexibility index (Phi) is 4.80. The molecule has 2 N–H and O–H groups in total. The SMILES string of the molecule is COC(C)CNC(=O)N1CC(C(=O)O)Cc2ccccc21. The summed E-state index contributed by atoms with van der Waals surface area (Å²) in [4.78, 5) is 25.1. The average Bonchev–Trinajstić information content (AvgIpc) is 2.50. The minimum absolute atomic E-state index is 0.0933. The molecule has 6 nitrogen and oxygen atoms in total. The number of hydrogen-bond donors (Lipinski definition) is 2. The second-order valence-corrected chi connectivity index (χ2v) is 5.21. The fourth-order valence-corrected chi connectivity index (χ4v) is 2.36. The van der Waals surface area contributed by atoms with E-state index in [0.29, 0.717) is 13.0 Å². The number of nitrogens with one attached hydrogen (secondary N) is 1. The Labute approximate surface area is 123 Å². The van der Waals surface area contributed by atoms with Gasteiger partial charge in [-0.1, -0.05) is 18.2 Å². The summed E-state index contributed by atoms with van der Waals surface area (Å²) in [6.07, 6.45) is 0.355. The van der Waals surface area contributed by atoms with Gasteiger partial charge in [0.05, 0.1) is 12.0 Å². The van der Waals surface area contributed by atoms with Crippen LogP contribution >= 0.6 is 0 Å². The molecule has 1 aliphatic heterocycles. The maximum Gasteiger partial charge on any atom is 0.321 e. The first-order chi connectivity index (χ1) is 10.0. The molecule has 0 aliphatic carbocycles. The number of carboxylic acids is 1. The summed E-state index contributed by atoms with van der Waals surface area (Å²) < 4.78 is 5.09. The van der Waals surface area contributed by atoms with Crippen LogP contribution in [-0.4, -0.2) is 43.4 Å². The number of nitrogens with zero attached hydrogens (tertiary/aromatic N) is 1. The number of methoxy groups -OCH3 is 1. The van der Waals surface area contributed by atoms with Crippen LogP contribution in [-0.2, 0) is 16.0 Å². The van der Waals surface area contributed by atoms with E-state index in [0.717, 1.165) is 11.3 Å². The Balaban J connectivity index is 2.17. The highest BCUT2D eigenvalue weighted by atomic mass is 16.5. The van der Waals surface area contributed by atoms with Crippen LogP contribution in [0.4, 0.5) is 10.5 Å². The fraction of sp³-hybridized carbons (Fsp3) is 0.467. The van der Waals surface area contributed by atoms with Crippen molar-refractivity contribution in [1.29, 1.82) is 0 Å². The lowest BCUT2D eigenvalue weighted by atomic mass is 9.93. The van der Waals surface area contributed by atoms with Gasteiger partial charge >= 0.3 is 12.0 Å². The first kappa shape index (κ1) is 15.3. The number of ether oxygens (including phenoxy) is 1. The van der Waals surface area contributed by atoms with Crippen LogP contribution < -0.4 is 10.2 Å². The molecule has 0 radical (unpaired) electrons. The predicted octanol–water partition coefficient (Wildman–Crippen LogP) is 1.49. The summed E-state index contributed by atoms with van der Waals surface area (Å²) >= 11 is 0. The van der Waals surface area contributed by atoms with E-state index in [2.05, 4.69) is 5.32 Å². The maximum absolute atomic E-state index is 12.3. The lowest BCUT2D eigenvalue weighted by Gasteiger charge is -2.33. The Morgan fingerprint density at radius 3 is 2.86 bits per heavy atom. The summed E-state index contributed by atoms with van der Waals surface area (Å²) in [7, 11) is 1.58. The zero-order valence-corrected chi connectivity index (χ0v) is 12.2. The van der Waals surface area contributed by atoms with Crippen molar-refractivity contribution in [2.45, 2.75) is 19.4 Å². The van der Waals surface area contributed by atoms with Gasteiger partial charge in [0.2, 0.25) is 0 Å². The average molecular weight is 292 g/mol. The molecule has 2 rings (SSSR count). The van der Waals surface area contributed by atoms with E-state index in [9.17, 15) is 14.7 Å². The molecule has 1 heterocycles. The van der Waals surface area contributed by atoms with Gasteiger partial charge in [-0.2, -0.15) is 0 Å². The van der Waals surface area contributed by atoms with Gasteiger partial charge in [0.1, 0.15) is 0 Å². The van der Waals surface area contributed by atoms with Gasteiger partial charge in [0, 0.05) is 25.9 Å². The Morgan fingerprint density at radius 2 is 2.19 bits per heavy atom. The molecule has 2 unspecified atom stereocenters. The summed E-state index contributed by atoms with van der Waals surface area (Å²) in [6, 6.07) is 7.11. The van der Waals surface area contributed by atoms with E-state index in [1.807, 2.05) is 31.2 Å². The molecule has 114 valence electrons. The molecule has 6 heteroatoms. The van der Waals surface area contributed by atoms with Crippen LogP contribution in [0.15, 0.2) is 24.3 Å².